The van der Waals surface area contributed by atoms with Crippen LogP contribution >= 0.6 is 0 Å². The third-order valence-electron chi connectivity index (χ3n) is 5.55. The Morgan fingerprint density at radius 3 is 2.46 bits per heavy atom. The fraction of sp³-hybridized carbons (Fsp3) is 0.0833. The SMILES string of the molecule is CC(=O)N1N=C(c2ccccc2)OC1c1cn(S(=O)(=O)c2cccc([N+](=O)[O-])c2)c2ccccc12. The van der Waals surface area contributed by atoms with E-state index in [0.717, 1.165) is 15.0 Å². The number of aromatic nitrogens is 1. The summed E-state index contributed by atoms with van der Waals surface area (Å²) in [4.78, 5) is 22.7. The number of nitro benzene ring substituents is 1. The molecule has 35 heavy (non-hydrogen) atoms. The van der Waals surface area contributed by atoms with E-state index in [1.807, 2.05) is 18.2 Å². The first-order valence-corrected chi connectivity index (χ1v) is 11.9. The highest BCUT2D eigenvalue weighted by Gasteiger charge is 2.36. The molecule has 1 aliphatic heterocycles. The van der Waals surface area contributed by atoms with Crippen molar-refractivity contribution < 1.29 is 22.9 Å². The van der Waals surface area contributed by atoms with Crippen LogP contribution in [0.15, 0.2) is 95.1 Å². The Kier molecular flexibility index (Phi) is 5.33. The molecule has 1 aliphatic rings. The van der Waals surface area contributed by atoms with Gasteiger partial charge in [0.25, 0.3) is 15.7 Å². The number of ether oxygens (including phenoxy) is 1. The van der Waals surface area contributed by atoms with Crippen molar-refractivity contribution in [2.75, 3.05) is 0 Å². The fourth-order valence-corrected chi connectivity index (χ4v) is 5.33. The van der Waals surface area contributed by atoms with E-state index in [0.29, 0.717) is 22.0 Å². The van der Waals surface area contributed by atoms with Gasteiger partial charge in [-0.15, -0.1) is 5.10 Å². The van der Waals surface area contributed by atoms with Crippen molar-refractivity contribution in [2.24, 2.45) is 5.10 Å². The van der Waals surface area contributed by atoms with Gasteiger partial charge in [0.1, 0.15) is 0 Å². The van der Waals surface area contributed by atoms with Crippen LogP contribution in [0.3, 0.4) is 0 Å². The third kappa shape index (κ3) is 3.81. The van der Waals surface area contributed by atoms with E-state index in [1.54, 1.807) is 36.4 Å². The summed E-state index contributed by atoms with van der Waals surface area (Å²) in [6.07, 6.45) is 0.359. The minimum atomic E-state index is -4.22. The molecule has 0 saturated carbocycles. The van der Waals surface area contributed by atoms with Crippen molar-refractivity contribution in [3.63, 3.8) is 0 Å². The first-order valence-electron chi connectivity index (χ1n) is 10.5. The van der Waals surface area contributed by atoms with Crippen LogP contribution in [-0.4, -0.2) is 34.1 Å². The number of fused-ring (bicyclic) bond motifs is 1. The van der Waals surface area contributed by atoms with Crippen molar-refractivity contribution in [1.82, 2.24) is 8.98 Å². The van der Waals surface area contributed by atoms with Crippen LogP contribution < -0.4 is 0 Å². The Hall–Kier alpha value is -4.51. The zero-order chi connectivity index (χ0) is 24.7. The van der Waals surface area contributed by atoms with Crippen molar-refractivity contribution in [3.05, 3.63) is 106 Å². The van der Waals surface area contributed by atoms with E-state index in [-0.39, 0.29) is 22.4 Å². The van der Waals surface area contributed by atoms with Crippen LogP contribution in [0.1, 0.15) is 24.3 Å². The number of carbonyl (C=O) groups excluding carboxylic acids is 1. The van der Waals surface area contributed by atoms with Crippen LogP contribution in [0.25, 0.3) is 10.9 Å². The number of hydrogen-bond donors (Lipinski definition) is 0. The summed E-state index contributed by atoms with van der Waals surface area (Å²) < 4.78 is 34.2. The lowest BCUT2D eigenvalue weighted by atomic mass is 10.1. The lowest BCUT2D eigenvalue weighted by molar-refractivity contribution is -0.385. The molecule has 0 N–H and O–H groups in total. The Morgan fingerprint density at radius 2 is 1.74 bits per heavy atom. The minimum absolute atomic E-state index is 0.226. The molecule has 3 aromatic carbocycles. The average molecular weight is 490 g/mol. The van der Waals surface area contributed by atoms with Gasteiger partial charge in [-0.2, -0.15) is 5.01 Å². The Balaban J connectivity index is 1.64. The summed E-state index contributed by atoms with van der Waals surface area (Å²) in [5.41, 5.74) is 1.05. The van der Waals surface area contributed by atoms with Crippen LogP contribution in [0.4, 0.5) is 5.69 Å². The smallest absolute Gasteiger partial charge is 0.270 e. The number of para-hydroxylation sites is 1. The van der Waals surface area contributed by atoms with Gasteiger partial charge < -0.3 is 4.74 Å². The van der Waals surface area contributed by atoms with Gasteiger partial charge in [-0.3, -0.25) is 14.9 Å². The molecule has 5 rings (SSSR count). The fourth-order valence-electron chi connectivity index (χ4n) is 3.91. The molecule has 1 unspecified atom stereocenters. The maximum absolute atomic E-state index is 13.5. The van der Waals surface area contributed by atoms with Gasteiger partial charge in [0.15, 0.2) is 0 Å². The van der Waals surface area contributed by atoms with Crippen LogP contribution in [0.5, 0.6) is 0 Å². The molecule has 0 spiro atoms. The number of non-ortho nitro benzene ring substituents is 1. The van der Waals surface area contributed by atoms with E-state index in [1.165, 1.54) is 31.3 Å². The van der Waals surface area contributed by atoms with Gasteiger partial charge in [-0.25, -0.2) is 12.4 Å². The minimum Gasteiger partial charge on any atom is -0.446 e. The highest BCUT2D eigenvalue weighted by molar-refractivity contribution is 7.90. The number of hydrazone groups is 1. The topological polar surface area (TPSA) is 124 Å². The lowest BCUT2D eigenvalue weighted by Gasteiger charge is -2.18. The quantitative estimate of drug-likeness (QED) is 0.307. The summed E-state index contributed by atoms with van der Waals surface area (Å²) in [6, 6.07) is 20.6. The van der Waals surface area contributed by atoms with Crippen molar-refractivity contribution in [2.45, 2.75) is 18.0 Å². The zero-order valence-electron chi connectivity index (χ0n) is 18.3. The van der Waals surface area contributed by atoms with E-state index >= 15 is 0 Å². The predicted octanol–water partition coefficient (Wildman–Crippen LogP) is 4.03. The van der Waals surface area contributed by atoms with E-state index in [9.17, 15) is 23.3 Å². The van der Waals surface area contributed by atoms with Gasteiger partial charge in [0, 0.05) is 41.8 Å². The standard InChI is InChI=1S/C24H18N4O6S/c1-16(29)27-24(34-23(25-27)17-8-3-2-4-9-17)21-15-26(22-13-6-5-12-20(21)22)35(32,33)19-11-7-10-18(14-19)28(30)31/h2-15,24H,1H3. The molecule has 1 amide bonds. The molecular weight excluding hydrogens is 472 g/mol. The molecule has 0 aliphatic carbocycles. The molecule has 176 valence electrons. The zero-order valence-corrected chi connectivity index (χ0v) is 19.1. The number of rotatable bonds is 5. The number of carbonyl (C=O) groups is 1. The Morgan fingerprint density at radius 1 is 1.03 bits per heavy atom. The van der Waals surface area contributed by atoms with Gasteiger partial charge in [-0.1, -0.05) is 42.5 Å². The Bertz CT molecular complexity index is 1610. The molecule has 11 heteroatoms. The van der Waals surface area contributed by atoms with Gasteiger partial charge in [0.2, 0.25) is 18.0 Å². The van der Waals surface area contributed by atoms with E-state index in [2.05, 4.69) is 5.10 Å². The number of benzene rings is 3. The van der Waals surface area contributed by atoms with Crippen molar-refractivity contribution >= 4 is 38.4 Å². The lowest BCUT2D eigenvalue weighted by Crippen LogP contribution is -2.25. The molecular formula is C24H18N4O6S. The van der Waals surface area contributed by atoms with Gasteiger partial charge in [-0.05, 0) is 24.3 Å². The van der Waals surface area contributed by atoms with Gasteiger partial charge in [0.05, 0.1) is 15.3 Å². The largest absolute Gasteiger partial charge is 0.446 e. The number of nitro groups is 1. The summed E-state index contributed by atoms with van der Waals surface area (Å²) in [6.45, 7) is 1.34. The third-order valence-corrected chi connectivity index (χ3v) is 7.22. The molecule has 0 fully saturated rings. The molecule has 0 saturated heterocycles. The summed E-state index contributed by atoms with van der Waals surface area (Å²) >= 11 is 0. The maximum atomic E-state index is 13.5. The van der Waals surface area contributed by atoms with Crippen LogP contribution in [-0.2, 0) is 19.6 Å². The molecule has 1 aromatic heterocycles. The van der Waals surface area contributed by atoms with E-state index in [4.69, 9.17) is 4.74 Å². The number of amides is 1. The average Bonchev–Trinajstić information content (AvgIpc) is 3.47. The number of nitrogens with zero attached hydrogens (tertiary/aromatic N) is 4. The second-order valence-electron chi connectivity index (χ2n) is 7.76. The molecule has 10 nitrogen and oxygen atoms in total. The van der Waals surface area contributed by atoms with E-state index < -0.39 is 21.2 Å². The highest BCUT2D eigenvalue weighted by Crippen LogP contribution is 2.37. The van der Waals surface area contributed by atoms with Crippen LogP contribution in [0, 0.1) is 10.1 Å². The second-order valence-corrected chi connectivity index (χ2v) is 9.58. The Labute approximate surface area is 199 Å². The number of hydrogen-bond acceptors (Lipinski definition) is 7. The van der Waals surface area contributed by atoms with Gasteiger partial charge >= 0.3 is 0 Å². The molecule has 4 aromatic rings. The second kappa shape index (κ2) is 8.37. The first kappa shape index (κ1) is 22.3. The highest BCUT2D eigenvalue weighted by atomic mass is 32.2. The molecule has 2 heterocycles. The van der Waals surface area contributed by atoms with Crippen molar-refractivity contribution in [1.29, 1.82) is 0 Å². The normalized spacial score (nSPS) is 15.6. The van der Waals surface area contributed by atoms with Crippen molar-refractivity contribution in [3.8, 4) is 0 Å². The summed E-state index contributed by atoms with van der Waals surface area (Å²) in [5, 5.41) is 17.2. The monoisotopic (exact) mass is 490 g/mol. The maximum Gasteiger partial charge on any atom is 0.270 e. The predicted molar refractivity (Wildman–Crippen MR) is 127 cm³/mol. The summed E-state index contributed by atoms with van der Waals surface area (Å²) in [7, 11) is -4.22. The summed E-state index contributed by atoms with van der Waals surface area (Å²) in [5.74, 6) is -0.163. The molecule has 0 radical (unpaired) electrons. The van der Waals surface area contributed by atoms with Crippen LogP contribution in [0.2, 0.25) is 0 Å². The molecule has 0 bridgehead atoms. The molecule has 1 atom stereocenters. The first-order chi connectivity index (χ1) is 16.8.